The lowest BCUT2D eigenvalue weighted by atomic mass is 9.86. The maximum absolute atomic E-state index is 10.0. The second-order valence-electron chi connectivity index (χ2n) is 5.27. The summed E-state index contributed by atoms with van der Waals surface area (Å²) in [7, 11) is 1.78. The van der Waals surface area contributed by atoms with Gasteiger partial charge in [-0.2, -0.15) is 15.1 Å². The van der Waals surface area contributed by atoms with Crippen LogP contribution in [0.4, 0.5) is 11.8 Å². The molecule has 2 atom stereocenters. The number of fused-ring (bicyclic) bond motifs is 1. The van der Waals surface area contributed by atoms with Crippen molar-refractivity contribution in [2.75, 3.05) is 24.2 Å². The third-order valence-corrected chi connectivity index (χ3v) is 3.93. The Morgan fingerprint density at radius 2 is 2.20 bits per heavy atom. The zero-order valence-electron chi connectivity index (χ0n) is 11.6. The summed E-state index contributed by atoms with van der Waals surface area (Å²) in [5.74, 6) is 1.60. The molecule has 2 heterocycles. The maximum Gasteiger partial charge on any atom is 0.226 e. The molecule has 2 aromatic heterocycles. The normalized spacial score (nSPS) is 22.9. The van der Waals surface area contributed by atoms with Gasteiger partial charge < -0.3 is 15.7 Å². The predicted octanol–water partition coefficient (Wildman–Crippen LogP) is 1.36. The van der Waals surface area contributed by atoms with Gasteiger partial charge in [0.2, 0.25) is 5.95 Å². The molecule has 3 rings (SSSR count). The summed E-state index contributed by atoms with van der Waals surface area (Å²) >= 11 is 0. The standard InChI is InChI=1S/C13H20N6O/c1-14-13-17-11(9-7-16-19-12(9)18-13)15-6-8-4-2-3-5-10(8)20/h7-8,10,20H,2-6H2,1H3,(H3,14,15,16,17,18,19). The van der Waals surface area contributed by atoms with Crippen molar-refractivity contribution in [3.8, 4) is 0 Å². The van der Waals surface area contributed by atoms with Crippen molar-refractivity contribution in [3.63, 3.8) is 0 Å². The SMILES string of the molecule is CNc1nc(NCC2CCCCC2O)c2cn[nH]c2n1. The van der Waals surface area contributed by atoms with Crippen LogP contribution in [0.3, 0.4) is 0 Å². The Hall–Kier alpha value is -1.89. The van der Waals surface area contributed by atoms with Gasteiger partial charge in [-0.15, -0.1) is 0 Å². The molecule has 4 N–H and O–H groups in total. The molecule has 2 unspecified atom stereocenters. The fourth-order valence-corrected chi connectivity index (χ4v) is 2.74. The molecule has 0 bridgehead atoms. The first-order valence-corrected chi connectivity index (χ1v) is 7.08. The van der Waals surface area contributed by atoms with Crippen LogP contribution in [0.25, 0.3) is 11.0 Å². The molecule has 0 saturated heterocycles. The third kappa shape index (κ3) is 2.53. The van der Waals surface area contributed by atoms with Crippen LogP contribution in [-0.4, -0.2) is 45.0 Å². The molecule has 7 nitrogen and oxygen atoms in total. The first-order valence-electron chi connectivity index (χ1n) is 7.08. The van der Waals surface area contributed by atoms with Crippen LogP contribution in [0.5, 0.6) is 0 Å². The van der Waals surface area contributed by atoms with E-state index < -0.39 is 0 Å². The summed E-state index contributed by atoms with van der Waals surface area (Å²) in [4.78, 5) is 8.72. The van der Waals surface area contributed by atoms with E-state index in [-0.39, 0.29) is 6.10 Å². The Labute approximate surface area is 117 Å². The Balaban J connectivity index is 1.77. The number of nitrogens with one attached hydrogen (secondary N) is 3. The predicted molar refractivity (Wildman–Crippen MR) is 77.7 cm³/mol. The minimum Gasteiger partial charge on any atom is -0.393 e. The lowest BCUT2D eigenvalue weighted by Gasteiger charge is -2.27. The number of anilines is 2. The van der Waals surface area contributed by atoms with Gasteiger partial charge in [-0.3, -0.25) is 5.10 Å². The van der Waals surface area contributed by atoms with E-state index in [4.69, 9.17) is 0 Å². The molecule has 2 aromatic rings. The second kappa shape index (κ2) is 5.62. The Morgan fingerprint density at radius 3 is 3.00 bits per heavy atom. The van der Waals surface area contributed by atoms with Crippen LogP contribution in [0, 0.1) is 5.92 Å². The van der Waals surface area contributed by atoms with Gasteiger partial charge in [0.05, 0.1) is 17.7 Å². The topological polar surface area (TPSA) is 98.8 Å². The molecule has 108 valence electrons. The molecule has 1 fully saturated rings. The van der Waals surface area contributed by atoms with E-state index in [1.54, 1.807) is 13.2 Å². The minimum absolute atomic E-state index is 0.207. The number of rotatable bonds is 4. The van der Waals surface area contributed by atoms with Crippen molar-refractivity contribution in [2.45, 2.75) is 31.8 Å². The summed E-state index contributed by atoms with van der Waals surface area (Å²) in [6, 6.07) is 0. The van der Waals surface area contributed by atoms with Crippen LogP contribution >= 0.6 is 0 Å². The lowest BCUT2D eigenvalue weighted by Crippen LogP contribution is -2.30. The van der Waals surface area contributed by atoms with Gasteiger partial charge in [-0.05, 0) is 12.8 Å². The summed E-state index contributed by atoms with van der Waals surface area (Å²) in [5, 5.41) is 24.0. The van der Waals surface area contributed by atoms with Crippen molar-refractivity contribution in [1.82, 2.24) is 20.2 Å². The highest BCUT2D eigenvalue weighted by Gasteiger charge is 2.23. The number of H-pyrrole nitrogens is 1. The third-order valence-electron chi connectivity index (χ3n) is 3.93. The highest BCUT2D eigenvalue weighted by molar-refractivity contribution is 5.86. The van der Waals surface area contributed by atoms with Crippen molar-refractivity contribution < 1.29 is 5.11 Å². The van der Waals surface area contributed by atoms with E-state index in [1.165, 1.54) is 6.42 Å². The molecular weight excluding hydrogens is 256 g/mol. The summed E-state index contributed by atoms with van der Waals surface area (Å²) < 4.78 is 0. The first-order chi connectivity index (χ1) is 9.78. The van der Waals surface area contributed by atoms with Crippen LogP contribution < -0.4 is 10.6 Å². The van der Waals surface area contributed by atoms with E-state index in [2.05, 4.69) is 30.8 Å². The Bertz CT molecular complexity index is 583. The quantitative estimate of drug-likeness (QED) is 0.673. The van der Waals surface area contributed by atoms with Crippen molar-refractivity contribution in [1.29, 1.82) is 0 Å². The maximum atomic E-state index is 10.0. The average Bonchev–Trinajstić information content (AvgIpc) is 2.94. The van der Waals surface area contributed by atoms with Gasteiger partial charge in [0, 0.05) is 19.5 Å². The van der Waals surface area contributed by atoms with Crippen LogP contribution in [0.2, 0.25) is 0 Å². The molecule has 0 amide bonds. The molecule has 0 spiro atoms. The Kier molecular flexibility index (Phi) is 3.68. The summed E-state index contributed by atoms with van der Waals surface area (Å²) in [6.07, 6.45) is 5.79. The number of aliphatic hydroxyl groups is 1. The van der Waals surface area contributed by atoms with Gasteiger partial charge in [-0.1, -0.05) is 12.8 Å². The molecule has 20 heavy (non-hydrogen) atoms. The number of nitrogens with zero attached hydrogens (tertiary/aromatic N) is 3. The van der Waals surface area contributed by atoms with Crippen LogP contribution in [0.1, 0.15) is 25.7 Å². The number of hydrogen-bond acceptors (Lipinski definition) is 6. The number of aliphatic hydroxyl groups excluding tert-OH is 1. The van der Waals surface area contributed by atoms with Gasteiger partial charge >= 0.3 is 0 Å². The lowest BCUT2D eigenvalue weighted by molar-refractivity contribution is 0.0763. The molecule has 1 aliphatic rings. The summed E-state index contributed by atoms with van der Waals surface area (Å²) in [5.41, 5.74) is 0.705. The molecule has 1 aliphatic carbocycles. The largest absolute Gasteiger partial charge is 0.393 e. The highest BCUT2D eigenvalue weighted by atomic mass is 16.3. The number of aromatic amines is 1. The molecule has 0 radical (unpaired) electrons. The second-order valence-corrected chi connectivity index (χ2v) is 5.27. The molecule has 0 aliphatic heterocycles. The van der Waals surface area contributed by atoms with Gasteiger partial charge in [0.25, 0.3) is 0 Å². The molecule has 1 saturated carbocycles. The van der Waals surface area contributed by atoms with Crippen molar-refractivity contribution in [3.05, 3.63) is 6.20 Å². The van der Waals surface area contributed by atoms with E-state index in [0.29, 0.717) is 17.5 Å². The Morgan fingerprint density at radius 1 is 1.35 bits per heavy atom. The van der Waals surface area contributed by atoms with Gasteiger partial charge in [-0.25, -0.2) is 0 Å². The molecule has 0 aromatic carbocycles. The average molecular weight is 276 g/mol. The van der Waals surface area contributed by atoms with E-state index in [9.17, 15) is 5.11 Å². The zero-order chi connectivity index (χ0) is 13.9. The molecular formula is C13H20N6O. The van der Waals surface area contributed by atoms with Crippen molar-refractivity contribution >= 4 is 22.8 Å². The highest BCUT2D eigenvalue weighted by Crippen LogP contribution is 2.26. The fraction of sp³-hybridized carbons (Fsp3) is 0.615. The monoisotopic (exact) mass is 276 g/mol. The van der Waals surface area contributed by atoms with Crippen LogP contribution in [-0.2, 0) is 0 Å². The van der Waals surface area contributed by atoms with E-state index in [1.807, 2.05) is 0 Å². The first kappa shape index (κ1) is 13.1. The number of hydrogen-bond donors (Lipinski definition) is 4. The van der Waals surface area contributed by atoms with Crippen LogP contribution in [0.15, 0.2) is 6.20 Å². The van der Waals surface area contributed by atoms with Gasteiger partial charge in [0.15, 0.2) is 5.65 Å². The van der Waals surface area contributed by atoms with Crippen molar-refractivity contribution in [2.24, 2.45) is 5.92 Å². The zero-order valence-corrected chi connectivity index (χ0v) is 11.6. The number of aromatic nitrogens is 4. The molecule has 7 heteroatoms. The minimum atomic E-state index is -0.207. The van der Waals surface area contributed by atoms with E-state index in [0.717, 1.165) is 37.0 Å². The van der Waals surface area contributed by atoms with E-state index >= 15 is 0 Å². The fourth-order valence-electron chi connectivity index (χ4n) is 2.74. The summed E-state index contributed by atoms with van der Waals surface area (Å²) in [6.45, 7) is 0.724. The van der Waals surface area contributed by atoms with Gasteiger partial charge in [0.1, 0.15) is 5.82 Å². The smallest absolute Gasteiger partial charge is 0.226 e.